The zero-order valence-electron chi connectivity index (χ0n) is 7.77. The van der Waals surface area contributed by atoms with Crippen LogP contribution < -0.4 is 4.74 Å². The highest BCUT2D eigenvalue weighted by atomic mass is 32.2. The van der Waals surface area contributed by atoms with E-state index in [1.54, 1.807) is 10.9 Å². The average Bonchev–Trinajstić information content (AvgIpc) is 2.53. The Morgan fingerprint density at radius 1 is 1.62 bits per heavy atom. The van der Waals surface area contributed by atoms with Crippen molar-refractivity contribution in [3.8, 4) is 5.75 Å². The lowest BCUT2D eigenvalue weighted by atomic mass is 10.2. The maximum Gasteiger partial charge on any atom is 0.158 e. The molecule has 3 nitrogen and oxygen atoms in total. The molecule has 2 heterocycles. The second-order valence-electron chi connectivity index (χ2n) is 3.26. The molecule has 1 saturated heterocycles. The highest BCUT2D eigenvalue weighted by molar-refractivity contribution is 7.99. The van der Waals surface area contributed by atoms with Crippen LogP contribution in [0, 0.1) is 0 Å². The Balaban J connectivity index is 1.89. The van der Waals surface area contributed by atoms with E-state index in [4.69, 9.17) is 4.74 Å². The number of thioether (sulfide) groups is 1. The van der Waals surface area contributed by atoms with Crippen LogP contribution in [0.25, 0.3) is 0 Å². The van der Waals surface area contributed by atoms with Gasteiger partial charge in [-0.2, -0.15) is 5.10 Å². The first-order valence-electron chi connectivity index (χ1n) is 4.61. The van der Waals surface area contributed by atoms with Crippen molar-refractivity contribution in [1.29, 1.82) is 0 Å². The highest BCUT2D eigenvalue weighted by Gasteiger charge is 2.15. The van der Waals surface area contributed by atoms with Crippen LogP contribution in [0.3, 0.4) is 0 Å². The molecule has 4 heteroatoms. The lowest BCUT2D eigenvalue weighted by molar-refractivity contribution is 0.268. The summed E-state index contributed by atoms with van der Waals surface area (Å²) in [6, 6.07) is 0. The third-order valence-corrected chi connectivity index (χ3v) is 3.31. The van der Waals surface area contributed by atoms with Crippen LogP contribution in [0.2, 0.25) is 0 Å². The standard InChI is InChI=1S/C9H14N2OS/c1-11-7-8(6-10-11)12-9-4-2-3-5-13-9/h6-7,9H,2-5H2,1H3. The number of aromatic nitrogens is 2. The molecule has 0 radical (unpaired) electrons. The molecule has 0 N–H and O–H groups in total. The van der Waals surface area contributed by atoms with E-state index >= 15 is 0 Å². The van der Waals surface area contributed by atoms with Crippen molar-refractivity contribution >= 4 is 11.8 Å². The van der Waals surface area contributed by atoms with Crippen molar-refractivity contribution < 1.29 is 4.74 Å². The van der Waals surface area contributed by atoms with E-state index in [0.717, 1.165) is 5.75 Å². The molecule has 0 saturated carbocycles. The number of aryl methyl sites for hydroxylation is 1. The van der Waals surface area contributed by atoms with E-state index in [2.05, 4.69) is 5.10 Å². The molecule has 0 spiro atoms. The first-order chi connectivity index (χ1) is 6.34. The molecule has 2 rings (SSSR count). The van der Waals surface area contributed by atoms with Gasteiger partial charge in [0.15, 0.2) is 5.75 Å². The third kappa shape index (κ3) is 2.40. The largest absolute Gasteiger partial charge is 0.477 e. The van der Waals surface area contributed by atoms with Gasteiger partial charge in [0.2, 0.25) is 0 Å². The van der Waals surface area contributed by atoms with E-state index in [0.29, 0.717) is 5.44 Å². The molecule has 72 valence electrons. The van der Waals surface area contributed by atoms with Crippen LogP contribution >= 0.6 is 11.8 Å². The smallest absolute Gasteiger partial charge is 0.158 e. The van der Waals surface area contributed by atoms with Gasteiger partial charge < -0.3 is 4.74 Å². The summed E-state index contributed by atoms with van der Waals surface area (Å²) < 4.78 is 7.52. The van der Waals surface area contributed by atoms with Gasteiger partial charge >= 0.3 is 0 Å². The fourth-order valence-electron chi connectivity index (χ4n) is 1.42. The van der Waals surface area contributed by atoms with Gasteiger partial charge in [0, 0.05) is 7.05 Å². The molecule has 0 aromatic carbocycles. The monoisotopic (exact) mass is 198 g/mol. The normalized spacial score (nSPS) is 23.0. The van der Waals surface area contributed by atoms with Gasteiger partial charge in [0.1, 0.15) is 5.44 Å². The van der Waals surface area contributed by atoms with Gasteiger partial charge in [-0.3, -0.25) is 4.68 Å². The van der Waals surface area contributed by atoms with E-state index in [-0.39, 0.29) is 0 Å². The van der Waals surface area contributed by atoms with Crippen LogP contribution in [0.15, 0.2) is 12.4 Å². The van der Waals surface area contributed by atoms with Crippen LogP contribution in [-0.4, -0.2) is 21.0 Å². The second kappa shape index (κ2) is 4.05. The van der Waals surface area contributed by atoms with Crippen LogP contribution in [0.5, 0.6) is 5.75 Å². The van der Waals surface area contributed by atoms with E-state index in [9.17, 15) is 0 Å². The summed E-state index contributed by atoms with van der Waals surface area (Å²) in [6.07, 6.45) is 7.47. The first kappa shape index (κ1) is 8.94. The fraction of sp³-hybridized carbons (Fsp3) is 0.667. The van der Waals surface area contributed by atoms with Crippen molar-refractivity contribution in [3.05, 3.63) is 12.4 Å². The number of ether oxygens (including phenoxy) is 1. The molecular weight excluding hydrogens is 184 g/mol. The Kier molecular flexibility index (Phi) is 2.78. The Morgan fingerprint density at radius 3 is 3.15 bits per heavy atom. The summed E-state index contributed by atoms with van der Waals surface area (Å²) in [5, 5.41) is 4.06. The molecule has 1 aromatic heterocycles. The third-order valence-electron chi connectivity index (χ3n) is 2.09. The van der Waals surface area contributed by atoms with Gasteiger partial charge in [-0.1, -0.05) is 0 Å². The molecule has 1 unspecified atom stereocenters. The molecule has 0 aliphatic carbocycles. The summed E-state index contributed by atoms with van der Waals surface area (Å²) in [7, 11) is 1.90. The maximum absolute atomic E-state index is 5.76. The van der Waals surface area contributed by atoms with Gasteiger partial charge in [0.25, 0.3) is 0 Å². The molecule has 1 atom stereocenters. The molecule has 1 fully saturated rings. The highest BCUT2D eigenvalue weighted by Crippen LogP contribution is 2.27. The van der Waals surface area contributed by atoms with Crippen molar-refractivity contribution in [3.63, 3.8) is 0 Å². The fourth-order valence-corrected chi connectivity index (χ4v) is 2.56. The number of hydrogen-bond acceptors (Lipinski definition) is 3. The van der Waals surface area contributed by atoms with Gasteiger partial charge in [0.05, 0.1) is 12.4 Å². The summed E-state index contributed by atoms with van der Waals surface area (Å²) >= 11 is 1.91. The lowest BCUT2D eigenvalue weighted by Gasteiger charge is -2.21. The minimum atomic E-state index is 0.345. The molecule has 0 amide bonds. The van der Waals surface area contributed by atoms with Gasteiger partial charge in [-0.25, -0.2) is 0 Å². The predicted molar refractivity (Wildman–Crippen MR) is 53.9 cm³/mol. The summed E-state index contributed by atoms with van der Waals surface area (Å²) in [5.74, 6) is 2.12. The van der Waals surface area contributed by atoms with Crippen LogP contribution in [-0.2, 0) is 7.05 Å². The SMILES string of the molecule is Cn1cc(OC2CCCCS2)cn1. The number of rotatable bonds is 2. The minimum Gasteiger partial charge on any atom is -0.477 e. The van der Waals surface area contributed by atoms with Crippen molar-refractivity contribution in [2.45, 2.75) is 24.7 Å². The zero-order valence-corrected chi connectivity index (χ0v) is 8.59. The number of hydrogen-bond donors (Lipinski definition) is 0. The van der Waals surface area contributed by atoms with E-state index < -0.39 is 0 Å². The summed E-state index contributed by atoms with van der Waals surface area (Å²) in [6.45, 7) is 0. The molecule has 1 aliphatic rings. The quantitative estimate of drug-likeness (QED) is 0.727. The van der Waals surface area contributed by atoms with Gasteiger partial charge in [-0.15, -0.1) is 11.8 Å². The minimum absolute atomic E-state index is 0.345. The maximum atomic E-state index is 5.76. The van der Waals surface area contributed by atoms with Crippen molar-refractivity contribution in [2.24, 2.45) is 7.05 Å². The average molecular weight is 198 g/mol. The predicted octanol–water partition coefficient (Wildman–Crippen LogP) is 2.04. The van der Waals surface area contributed by atoms with Crippen LogP contribution in [0.1, 0.15) is 19.3 Å². The van der Waals surface area contributed by atoms with E-state index in [1.807, 2.05) is 25.0 Å². The van der Waals surface area contributed by atoms with Gasteiger partial charge in [-0.05, 0) is 25.0 Å². The molecular formula is C9H14N2OS. The Hall–Kier alpha value is -0.640. The lowest BCUT2D eigenvalue weighted by Crippen LogP contribution is -2.16. The van der Waals surface area contributed by atoms with Crippen molar-refractivity contribution in [1.82, 2.24) is 9.78 Å². The second-order valence-corrected chi connectivity index (χ2v) is 4.53. The topological polar surface area (TPSA) is 27.1 Å². The first-order valence-corrected chi connectivity index (χ1v) is 5.66. The number of nitrogens with zero attached hydrogens (tertiary/aromatic N) is 2. The van der Waals surface area contributed by atoms with Crippen molar-refractivity contribution in [2.75, 3.05) is 5.75 Å². The van der Waals surface area contributed by atoms with E-state index in [1.165, 1.54) is 25.0 Å². The Labute approximate surface area is 82.5 Å². The summed E-state index contributed by atoms with van der Waals surface area (Å²) in [4.78, 5) is 0. The molecule has 1 aromatic rings. The summed E-state index contributed by atoms with van der Waals surface area (Å²) in [5.41, 5.74) is 0.345. The Morgan fingerprint density at radius 2 is 2.54 bits per heavy atom. The molecule has 13 heavy (non-hydrogen) atoms. The van der Waals surface area contributed by atoms with Crippen LogP contribution in [0.4, 0.5) is 0 Å². The Bertz CT molecular complexity index is 268. The molecule has 1 aliphatic heterocycles. The zero-order chi connectivity index (χ0) is 9.10. The molecule has 0 bridgehead atoms.